The molecule has 0 bridgehead atoms. The van der Waals surface area contributed by atoms with Gasteiger partial charge in [0.05, 0.1) is 11.6 Å². The number of hydrogen-bond acceptors (Lipinski definition) is 3. The van der Waals surface area contributed by atoms with Crippen molar-refractivity contribution in [3.05, 3.63) is 70.9 Å². The Labute approximate surface area is 174 Å². The average Bonchev–Trinajstić information content (AvgIpc) is 3.48. The van der Waals surface area contributed by atoms with Crippen molar-refractivity contribution in [3.63, 3.8) is 0 Å². The summed E-state index contributed by atoms with van der Waals surface area (Å²) in [5.74, 6) is 0.336. The molecule has 1 amide bonds. The topological polar surface area (TPSA) is 67.0 Å². The second-order valence-corrected chi connectivity index (χ2v) is 7.40. The van der Waals surface area contributed by atoms with Gasteiger partial charge in [-0.3, -0.25) is 4.79 Å². The van der Waals surface area contributed by atoms with E-state index in [1.165, 1.54) is 0 Å². The van der Waals surface area contributed by atoms with Crippen LogP contribution in [0.4, 0.5) is 0 Å². The van der Waals surface area contributed by atoms with Crippen LogP contribution in [0.15, 0.2) is 60.3 Å². The fourth-order valence-corrected chi connectivity index (χ4v) is 3.38. The van der Waals surface area contributed by atoms with Crippen LogP contribution in [0.5, 0.6) is 5.75 Å². The van der Waals surface area contributed by atoms with Crippen molar-refractivity contribution < 1.29 is 9.53 Å². The molecule has 5 nitrogen and oxygen atoms in total. The zero-order valence-corrected chi connectivity index (χ0v) is 16.5. The number of para-hydroxylation sites is 2. The van der Waals surface area contributed by atoms with Crippen LogP contribution in [0.3, 0.4) is 0 Å². The fraction of sp³-hybridized carbons (Fsp3) is 0.217. The third-order valence-corrected chi connectivity index (χ3v) is 5.14. The standard InChI is InChI=1S/C23H20ClN3O2/c24-20-6-2-4-8-22(20)29-12-11-27-15-17(19-5-1-3-7-21(19)27)13-16(14-25)23(28)26-18-9-10-18/h1-8,13,15,18H,9-12H2,(H,26,28). The Morgan fingerprint density at radius 2 is 2.00 bits per heavy atom. The molecule has 0 aliphatic heterocycles. The summed E-state index contributed by atoms with van der Waals surface area (Å²) in [7, 11) is 0. The highest BCUT2D eigenvalue weighted by Gasteiger charge is 2.24. The molecule has 1 fully saturated rings. The first kappa shape index (κ1) is 19.1. The van der Waals surface area contributed by atoms with E-state index in [0.717, 1.165) is 29.3 Å². The minimum atomic E-state index is -0.311. The number of carbonyl (C=O) groups is 1. The second-order valence-electron chi connectivity index (χ2n) is 6.99. The molecule has 4 rings (SSSR count). The van der Waals surface area contributed by atoms with E-state index in [1.807, 2.05) is 54.7 Å². The van der Waals surface area contributed by atoms with Gasteiger partial charge in [0.1, 0.15) is 24.0 Å². The highest BCUT2D eigenvalue weighted by molar-refractivity contribution is 6.32. The summed E-state index contributed by atoms with van der Waals surface area (Å²) in [6.07, 6.45) is 5.57. The summed E-state index contributed by atoms with van der Waals surface area (Å²) in [5.41, 5.74) is 1.97. The van der Waals surface area contributed by atoms with Gasteiger partial charge < -0.3 is 14.6 Å². The van der Waals surface area contributed by atoms with E-state index in [0.29, 0.717) is 23.9 Å². The van der Waals surface area contributed by atoms with Gasteiger partial charge in [-0.25, -0.2) is 0 Å². The lowest BCUT2D eigenvalue weighted by Crippen LogP contribution is -2.26. The minimum Gasteiger partial charge on any atom is -0.490 e. The van der Waals surface area contributed by atoms with E-state index >= 15 is 0 Å². The number of aromatic nitrogens is 1. The molecule has 0 radical (unpaired) electrons. The van der Waals surface area contributed by atoms with Crippen LogP contribution in [0.2, 0.25) is 5.02 Å². The van der Waals surface area contributed by atoms with Crippen molar-refractivity contribution in [1.82, 2.24) is 9.88 Å². The number of halogens is 1. The lowest BCUT2D eigenvalue weighted by Gasteiger charge is -2.09. The molecule has 0 unspecified atom stereocenters. The fourth-order valence-electron chi connectivity index (χ4n) is 3.19. The third-order valence-electron chi connectivity index (χ3n) is 4.82. The Kier molecular flexibility index (Phi) is 5.55. The summed E-state index contributed by atoms with van der Waals surface area (Å²) >= 11 is 6.14. The van der Waals surface area contributed by atoms with Crippen molar-refractivity contribution in [2.45, 2.75) is 25.4 Å². The Hall–Kier alpha value is -3.23. The smallest absolute Gasteiger partial charge is 0.262 e. The van der Waals surface area contributed by atoms with Gasteiger partial charge in [-0.15, -0.1) is 0 Å². The summed E-state index contributed by atoms with van der Waals surface area (Å²) in [6, 6.07) is 17.5. The number of rotatable bonds is 7. The lowest BCUT2D eigenvalue weighted by atomic mass is 10.1. The minimum absolute atomic E-state index is 0.118. The van der Waals surface area contributed by atoms with E-state index < -0.39 is 0 Å². The number of nitriles is 1. The van der Waals surface area contributed by atoms with Gasteiger partial charge in [0.25, 0.3) is 5.91 Å². The van der Waals surface area contributed by atoms with E-state index in [2.05, 4.69) is 9.88 Å². The number of amides is 1. The molecule has 0 spiro atoms. The molecule has 3 aromatic rings. The molecule has 1 aliphatic carbocycles. The van der Waals surface area contributed by atoms with Crippen molar-refractivity contribution in [1.29, 1.82) is 5.26 Å². The first-order valence-electron chi connectivity index (χ1n) is 9.53. The Morgan fingerprint density at radius 1 is 1.24 bits per heavy atom. The molecule has 0 saturated heterocycles. The third kappa shape index (κ3) is 4.44. The van der Waals surface area contributed by atoms with Crippen LogP contribution in [0.1, 0.15) is 18.4 Å². The highest BCUT2D eigenvalue weighted by atomic mass is 35.5. The predicted molar refractivity (Wildman–Crippen MR) is 114 cm³/mol. The number of nitrogens with one attached hydrogen (secondary N) is 1. The first-order valence-corrected chi connectivity index (χ1v) is 9.91. The van der Waals surface area contributed by atoms with E-state index in [-0.39, 0.29) is 17.5 Å². The molecular formula is C23H20ClN3O2. The lowest BCUT2D eigenvalue weighted by molar-refractivity contribution is -0.117. The van der Waals surface area contributed by atoms with Crippen LogP contribution in [-0.4, -0.2) is 23.1 Å². The molecule has 146 valence electrons. The molecule has 6 heteroatoms. The van der Waals surface area contributed by atoms with Crippen molar-refractivity contribution in [2.24, 2.45) is 0 Å². The summed E-state index contributed by atoms with van der Waals surface area (Å²) in [5, 5.41) is 13.9. The number of hydrogen-bond donors (Lipinski definition) is 1. The van der Waals surface area contributed by atoms with Gasteiger partial charge in [0, 0.05) is 28.7 Å². The Bertz CT molecular complexity index is 1120. The summed E-state index contributed by atoms with van der Waals surface area (Å²) in [6.45, 7) is 1.05. The molecule has 29 heavy (non-hydrogen) atoms. The van der Waals surface area contributed by atoms with Gasteiger partial charge >= 0.3 is 0 Å². The highest BCUT2D eigenvalue weighted by Crippen LogP contribution is 2.26. The van der Waals surface area contributed by atoms with Crippen molar-refractivity contribution in [2.75, 3.05) is 6.61 Å². The van der Waals surface area contributed by atoms with Crippen molar-refractivity contribution >= 4 is 34.5 Å². The number of fused-ring (bicyclic) bond motifs is 1. The predicted octanol–water partition coefficient (Wildman–Crippen LogP) is 4.56. The maximum atomic E-state index is 12.3. The molecule has 1 heterocycles. The van der Waals surface area contributed by atoms with E-state index in [4.69, 9.17) is 16.3 Å². The number of nitrogens with zero attached hydrogens (tertiary/aromatic N) is 2. The van der Waals surface area contributed by atoms with Crippen LogP contribution < -0.4 is 10.1 Å². The van der Waals surface area contributed by atoms with Gasteiger partial charge in [0.2, 0.25) is 0 Å². The van der Waals surface area contributed by atoms with Crippen LogP contribution in [0.25, 0.3) is 17.0 Å². The molecule has 2 aromatic carbocycles. The van der Waals surface area contributed by atoms with Gasteiger partial charge in [-0.2, -0.15) is 5.26 Å². The maximum absolute atomic E-state index is 12.3. The Balaban J connectivity index is 1.56. The molecular weight excluding hydrogens is 386 g/mol. The zero-order chi connectivity index (χ0) is 20.2. The summed E-state index contributed by atoms with van der Waals surface area (Å²) < 4.78 is 7.87. The van der Waals surface area contributed by atoms with Crippen LogP contribution >= 0.6 is 11.6 Å². The SMILES string of the molecule is N#CC(=Cc1cn(CCOc2ccccc2Cl)c2ccccc12)C(=O)NC1CC1. The van der Waals surface area contributed by atoms with Crippen molar-refractivity contribution in [3.8, 4) is 11.8 Å². The van der Waals surface area contributed by atoms with Gasteiger partial charge in [0.15, 0.2) is 0 Å². The van der Waals surface area contributed by atoms with E-state index in [1.54, 1.807) is 12.1 Å². The maximum Gasteiger partial charge on any atom is 0.262 e. The van der Waals surface area contributed by atoms with Crippen LogP contribution in [0, 0.1) is 11.3 Å². The molecule has 1 aromatic heterocycles. The number of carbonyl (C=O) groups excluding carboxylic acids is 1. The molecule has 1 N–H and O–H groups in total. The monoisotopic (exact) mass is 405 g/mol. The summed E-state index contributed by atoms with van der Waals surface area (Å²) in [4.78, 5) is 12.3. The Morgan fingerprint density at radius 3 is 2.76 bits per heavy atom. The number of ether oxygens (including phenoxy) is 1. The number of benzene rings is 2. The average molecular weight is 406 g/mol. The normalized spacial score (nSPS) is 13.9. The largest absolute Gasteiger partial charge is 0.490 e. The molecule has 1 aliphatic rings. The molecule has 0 atom stereocenters. The van der Waals surface area contributed by atoms with E-state index in [9.17, 15) is 10.1 Å². The van der Waals surface area contributed by atoms with Crippen LogP contribution in [-0.2, 0) is 11.3 Å². The quantitative estimate of drug-likeness (QED) is 0.463. The molecule has 1 saturated carbocycles. The first-order chi connectivity index (χ1) is 14.2. The zero-order valence-electron chi connectivity index (χ0n) is 15.8. The van der Waals surface area contributed by atoms with Gasteiger partial charge in [-0.1, -0.05) is 41.9 Å². The van der Waals surface area contributed by atoms with Gasteiger partial charge in [-0.05, 0) is 37.1 Å². The second kappa shape index (κ2) is 8.42.